The van der Waals surface area contributed by atoms with Crippen LogP contribution < -0.4 is 15.4 Å². The molecule has 0 aliphatic heterocycles. The second-order valence-electron chi connectivity index (χ2n) is 8.00. The summed E-state index contributed by atoms with van der Waals surface area (Å²) in [7, 11) is 0. The van der Waals surface area contributed by atoms with Gasteiger partial charge in [0.1, 0.15) is 12.4 Å². The van der Waals surface area contributed by atoms with Crippen LogP contribution in [-0.4, -0.2) is 35.7 Å². The summed E-state index contributed by atoms with van der Waals surface area (Å²) in [5, 5.41) is 16.2. The Hall–Kier alpha value is -2.57. The van der Waals surface area contributed by atoms with E-state index in [1.165, 1.54) is 0 Å². The van der Waals surface area contributed by atoms with Crippen molar-refractivity contribution in [1.29, 1.82) is 0 Å². The van der Waals surface area contributed by atoms with Gasteiger partial charge >= 0.3 is 5.97 Å². The Labute approximate surface area is 187 Å². The van der Waals surface area contributed by atoms with E-state index >= 15 is 0 Å². The molecule has 1 aliphatic rings. The van der Waals surface area contributed by atoms with Crippen LogP contribution in [0.1, 0.15) is 61.0 Å². The van der Waals surface area contributed by atoms with Crippen LogP contribution in [0.3, 0.4) is 0 Å². The lowest BCUT2D eigenvalue weighted by molar-refractivity contribution is -0.129. The normalized spacial score (nSPS) is 16.3. The van der Waals surface area contributed by atoms with E-state index in [1.54, 1.807) is 36.4 Å². The maximum Gasteiger partial charge on any atom is 0.335 e. The van der Waals surface area contributed by atoms with E-state index in [9.17, 15) is 9.59 Å². The molecule has 1 saturated carbocycles. The Bertz CT molecular complexity index is 895. The monoisotopic (exact) mass is 444 g/mol. The number of nitrogens with one attached hydrogen (secondary N) is 2. The number of halogens is 1. The zero-order valence-electron chi connectivity index (χ0n) is 17.7. The summed E-state index contributed by atoms with van der Waals surface area (Å²) >= 11 is 5.99. The Morgan fingerprint density at radius 2 is 1.84 bits per heavy atom. The van der Waals surface area contributed by atoms with Crippen molar-refractivity contribution >= 4 is 23.5 Å². The van der Waals surface area contributed by atoms with Crippen LogP contribution in [0.2, 0.25) is 5.02 Å². The molecule has 31 heavy (non-hydrogen) atoms. The van der Waals surface area contributed by atoms with Crippen LogP contribution in [0.25, 0.3) is 0 Å². The lowest BCUT2D eigenvalue weighted by atomic mass is 9.80. The van der Waals surface area contributed by atoms with Crippen molar-refractivity contribution in [1.82, 2.24) is 10.6 Å². The topological polar surface area (TPSA) is 87.7 Å². The number of carbonyl (C=O) groups excluding carboxylic acids is 1. The molecule has 0 spiro atoms. The van der Waals surface area contributed by atoms with Gasteiger partial charge in [0.05, 0.1) is 17.1 Å². The Kier molecular flexibility index (Phi) is 7.93. The molecule has 1 aliphatic carbocycles. The van der Waals surface area contributed by atoms with Gasteiger partial charge in [0.25, 0.3) is 0 Å². The van der Waals surface area contributed by atoms with E-state index in [1.807, 2.05) is 19.1 Å². The van der Waals surface area contributed by atoms with Gasteiger partial charge in [-0.05, 0) is 55.7 Å². The van der Waals surface area contributed by atoms with Gasteiger partial charge in [-0.3, -0.25) is 10.1 Å². The van der Waals surface area contributed by atoms with Crippen LogP contribution in [0.5, 0.6) is 5.75 Å². The molecular formula is C24H29ClN2O4. The van der Waals surface area contributed by atoms with Gasteiger partial charge in [0, 0.05) is 11.6 Å². The zero-order valence-corrected chi connectivity index (χ0v) is 18.5. The third-order valence-corrected chi connectivity index (χ3v) is 6.01. The van der Waals surface area contributed by atoms with Crippen LogP contribution >= 0.6 is 11.6 Å². The maximum atomic E-state index is 13.3. The van der Waals surface area contributed by atoms with Crippen molar-refractivity contribution in [2.75, 3.05) is 13.2 Å². The number of hydrogen-bond donors (Lipinski definition) is 3. The van der Waals surface area contributed by atoms with Crippen LogP contribution in [0, 0.1) is 0 Å². The number of carboxylic acid groups (broad SMARTS) is 1. The molecule has 1 fully saturated rings. The van der Waals surface area contributed by atoms with Crippen LogP contribution in [0.15, 0.2) is 48.5 Å². The van der Waals surface area contributed by atoms with E-state index in [2.05, 4.69) is 10.6 Å². The molecule has 0 unspecified atom stereocenters. The number of amides is 1. The van der Waals surface area contributed by atoms with Gasteiger partial charge in [-0.2, -0.15) is 0 Å². The zero-order chi connectivity index (χ0) is 22.3. The van der Waals surface area contributed by atoms with Crippen LogP contribution in [0.4, 0.5) is 0 Å². The minimum atomic E-state index is -0.964. The van der Waals surface area contributed by atoms with Gasteiger partial charge in [-0.15, -0.1) is 0 Å². The van der Waals surface area contributed by atoms with Gasteiger partial charge < -0.3 is 15.2 Å². The number of hydrogen-bond acceptors (Lipinski definition) is 4. The average Bonchev–Trinajstić information content (AvgIpc) is 2.77. The molecule has 1 atom stereocenters. The molecule has 3 N–H and O–H groups in total. The fourth-order valence-electron chi connectivity index (χ4n) is 3.99. The first-order chi connectivity index (χ1) is 14.9. The highest BCUT2D eigenvalue weighted by atomic mass is 35.5. The number of ether oxygens (including phenoxy) is 1. The highest BCUT2D eigenvalue weighted by molar-refractivity contribution is 6.30. The standard InChI is InChI=1S/C24H29ClN2O4/c1-17(18-8-10-19(11-9-18)22(28)29)27-23(30)24(12-3-2-4-13-24)26-14-15-31-21-7-5-6-20(25)16-21/h5-11,16-17,26H,2-4,12-15H2,1H3,(H,27,30)(H,28,29)/t17-/m0/s1. The van der Waals surface area contributed by atoms with Gasteiger partial charge in [-0.25, -0.2) is 4.79 Å². The summed E-state index contributed by atoms with van der Waals surface area (Å²) in [6.07, 6.45) is 4.68. The molecule has 0 heterocycles. The molecule has 7 heteroatoms. The number of rotatable bonds is 9. The van der Waals surface area contributed by atoms with E-state index < -0.39 is 11.5 Å². The van der Waals surface area contributed by atoms with Gasteiger partial charge in [0.15, 0.2) is 0 Å². The first-order valence-electron chi connectivity index (χ1n) is 10.7. The van der Waals surface area contributed by atoms with Crippen molar-refractivity contribution in [2.45, 2.75) is 50.6 Å². The predicted octanol–water partition coefficient (Wildman–Crippen LogP) is 4.59. The molecule has 3 rings (SSSR count). The molecule has 166 valence electrons. The minimum absolute atomic E-state index is 0.0234. The molecule has 0 aromatic heterocycles. The molecule has 0 saturated heterocycles. The number of carboxylic acids is 1. The second kappa shape index (κ2) is 10.6. The van der Waals surface area contributed by atoms with E-state index in [0.717, 1.165) is 37.7 Å². The highest BCUT2D eigenvalue weighted by Gasteiger charge is 2.39. The third kappa shape index (κ3) is 6.21. The first kappa shape index (κ1) is 23.1. The van der Waals surface area contributed by atoms with E-state index in [0.29, 0.717) is 23.9 Å². The summed E-state index contributed by atoms with van der Waals surface area (Å²) in [5.41, 5.74) is 0.478. The van der Waals surface area contributed by atoms with Crippen molar-refractivity contribution < 1.29 is 19.4 Å². The summed E-state index contributed by atoms with van der Waals surface area (Å²) in [5.74, 6) is -0.284. The van der Waals surface area contributed by atoms with E-state index in [-0.39, 0.29) is 17.5 Å². The smallest absolute Gasteiger partial charge is 0.335 e. The summed E-state index contributed by atoms with van der Waals surface area (Å²) in [4.78, 5) is 24.3. The van der Waals surface area contributed by atoms with Crippen molar-refractivity contribution in [3.8, 4) is 5.75 Å². The molecule has 0 radical (unpaired) electrons. The molecule has 1 amide bonds. The Balaban J connectivity index is 1.59. The molecular weight excluding hydrogens is 416 g/mol. The minimum Gasteiger partial charge on any atom is -0.492 e. The lowest BCUT2D eigenvalue weighted by Crippen LogP contribution is -2.59. The molecule has 2 aromatic carbocycles. The SMILES string of the molecule is C[C@H](NC(=O)C1(NCCOc2cccc(Cl)c2)CCCCC1)c1ccc(C(=O)O)cc1. The number of carbonyl (C=O) groups is 2. The highest BCUT2D eigenvalue weighted by Crippen LogP contribution is 2.29. The van der Waals surface area contributed by atoms with Crippen molar-refractivity contribution in [3.63, 3.8) is 0 Å². The maximum absolute atomic E-state index is 13.3. The largest absolute Gasteiger partial charge is 0.492 e. The number of benzene rings is 2. The van der Waals surface area contributed by atoms with Crippen LogP contribution in [-0.2, 0) is 4.79 Å². The van der Waals surface area contributed by atoms with Crippen molar-refractivity contribution in [2.24, 2.45) is 0 Å². The first-order valence-corrected chi connectivity index (χ1v) is 11.0. The summed E-state index contributed by atoms with van der Waals surface area (Å²) in [6, 6.07) is 13.6. The fourth-order valence-corrected chi connectivity index (χ4v) is 4.17. The lowest BCUT2D eigenvalue weighted by Gasteiger charge is -2.37. The van der Waals surface area contributed by atoms with Gasteiger partial charge in [-0.1, -0.05) is 49.1 Å². The molecule has 0 bridgehead atoms. The Morgan fingerprint density at radius 1 is 1.13 bits per heavy atom. The molecule has 6 nitrogen and oxygen atoms in total. The second-order valence-corrected chi connectivity index (χ2v) is 8.43. The summed E-state index contributed by atoms with van der Waals surface area (Å²) in [6.45, 7) is 2.88. The average molecular weight is 445 g/mol. The van der Waals surface area contributed by atoms with Gasteiger partial charge in [0.2, 0.25) is 5.91 Å². The third-order valence-electron chi connectivity index (χ3n) is 5.78. The number of aromatic carboxylic acids is 1. The quantitative estimate of drug-likeness (QED) is 0.492. The predicted molar refractivity (Wildman–Crippen MR) is 121 cm³/mol. The summed E-state index contributed by atoms with van der Waals surface area (Å²) < 4.78 is 5.76. The van der Waals surface area contributed by atoms with E-state index in [4.69, 9.17) is 21.4 Å². The molecule has 2 aromatic rings. The fraction of sp³-hybridized carbons (Fsp3) is 0.417. The van der Waals surface area contributed by atoms with Crippen molar-refractivity contribution in [3.05, 3.63) is 64.7 Å². The Morgan fingerprint density at radius 3 is 2.48 bits per heavy atom.